The molecule has 0 spiro atoms. The lowest BCUT2D eigenvalue weighted by molar-refractivity contribution is 0.386. The zero-order chi connectivity index (χ0) is 11.7. The number of nitrogens with two attached hydrogens (primary N) is 2. The highest BCUT2D eigenvalue weighted by Gasteiger charge is 2.11. The molecule has 0 unspecified atom stereocenters. The number of aromatic nitrogens is 2. The minimum absolute atomic E-state index is 0.175. The van der Waals surface area contributed by atoms with Crippen molar-refractivity contribution in [2.24, 2.45) is 0 Å². The number of nitrogens with zero attached hydrogens (tertiary/aromatic N) is 2. The van der Waals surface area contributed by atoms with E-state index < -0.39 is 5.82 Å². The molecule has 2 aromatic rings. The van der Waals surface area contributed by atoms with Crippen molar-refractivity contribution in [3.63, 3.8) is 0 Å². The van der Waals surface area contributed by atoms with Crippen LogP contribution in [0, 0.1) is 5.82 Å². The lowest BCUT2D eigenvalue weighted by Gasteiger charge is -2.04. The Kier molecular flexibility index (Phi) is 2.40. The van der Waals surface area contributed by atoms with E-state index in [-0.39, 0.29) is 11.6 Å². The summed E-state index contributed by atoms with van der Waals surface area (Å²) in [4.78, 5) is 3.99. The first-order valence-corrected chi connectivity index (χ1v) is 4.55. The second kappa shape index (κ2) is 3.73. The number of methoxy groups -OCH3 is 1. The molecular weight excluding hydrogens is 211 g/mol. The van der Waals surface area contributed by atoms with Gasteiger partial charge in [-0.05, 0) is 18.2 Å². The fraction of sp³-hybridized carbons (Fsp3) is 0.100. The summed E-state index contributed by atoms with van der Waals surface area (Å²) in [5.74, 6) is 5.47. The zero-order valence-corrected chi connectivity index (χ0v) is 8.64. The average molecular weight is 222 g/mol. The number of nitrogen functional groups attached to an aromatic ring is 2. The maximum atomic E-state index is 13.4. The summed E-state index contributed by atoms with van der Waals surface area (Å²) in [5, 5.41) is 0. The van der Waals surface area contributed by atoms with Crippen LogP contribution in [0.3, 0.4) is 0 Å². The van der Waals surface area contributed by atoms with Crippen molar-refractivity contribution in [1.29, 1.82) is 0 Å². The van der Waals surface area contributed by atoms with Gasteiger partial charge in [0.05, 0.1) is 7.11 Å². The first kappa shape index (κ1) is 10.3. The maximum absolute atomic E-state index is 13.4. The molecule has 0 amide bonds. The van der Waals surface area contributed by atoms with E-state index in [9.17, 15) is 4.39 Å². The molecule has 0 fully saturated rings. The molecule has 4 N–H and O–H groups in total. The SMILES string of the molecule is COc1ccc(-c2ncn(N)c2N)cc1F. The Morgan fingerprint density at radius 3 is 2.69 bits per heavy atom. The van der Waals surface area contributed by atoms with Crippen molar-refractivity contribution in [1.82, 2.24) is 9.66 Å². The average Bonchev–Trinajstić information content (AvgIpc) is 2.60. The number of imidazole rings is 1. The summed E-state index contributed by atoms with van der Waals surface area (Å²) >= 11 is 0. The molecule has 16 heavy (non-hydrogen) atoms. The van der Waals surface area contributed by atoms with Crippen LogP contribution in [0.15, 0.2) is 24.5 Å². The molecule has 0 radical (unpaired) electrons. The van der Waals surface area contributed by atoms with Gasteiger partial charge >= 0.3 is 0 Å². The van der Waals surface area contributed by atoms with E-state index in [0.29, 0.717) is 11.3 Å². The smallest absolute Gasteiger partial charge is 0.165 e. The quantitative estimate of drug-likeness (QED) is 0.743. The molecule has 0 atom stereocenters. The maximum Gasteiger partial charge on any atom is 0.165 e. The Balaban J connectivity index is 2.49. The van der Waals surface area contributed by atoms with Crippen molar-refractivity contribution in [2.75, 3.05) is 18.7 Å². The lowest BCUT2D eigenvalue weighted by Crippen LogP contribution is -2.10. The van der Waals surface area contributed by atoms with Gasteiger partial charge < -0.3 is 16.3 Å². The van der Waals surface area contributed by atoms with E-state index in [2.05, 4.69) is 4.98 Å². The fourth-order valence-electron chi connectivity index (χ4n) is 1.41. The van der Waals surface area contributed by atoms with E-state index in [1.807, 2.05) is 0 Å². The summed E-state index contributed by atoms with van der Waals surface area (Å²) in [5.41, 5.74) is 6.68. The molecular formula is C10H11FN4O. The number of halogens is 1. The Labute approximate surface area is 91.4 Å². The van der Waals surface area contributed by atoms with Gasteiger partial charge in [0, 0.05) is 5.56 Å². The predicted molar refractivity (Wildman–Crippen MR) is 58.7 cm³/mol. The van der Waals surface area contributed by atoms with E-state index >= 15 is 0 Å². The minimum atomic E-state index is -0.467. The van der Waals surface area contributed by atoms with Crippen molar-refractivity contribution in [3.05, 3.63) is 30.3 Å². The second-order valence-corrected chi connectivity index (χ2v) is 3.24. The van der Waals surface area contributed by atoms with Gasteiger partial charge in [0.15, 0.2) is 11.6 Å². The van der Waals surface area contributed by atoms with Gasteiger partial charge in [0.1, 0.15) is 17.8 Å². The van der Waals surface area contributed by atoms with E-state index in [1.165, 1.54) is 30.2 Å². The van der Waals surface area contributed by atoms with Crippen LogP contribution in [0.25, 0.3) is 11.3 Å². The predicted octanol–water partition coefficient (Wildman–Crippen LogP) is 0.994. The van der Waals surface area contributed by atoms with E-state index in [4.69, 9.17) is 16.3 Å². The normalized spacial score (nSPS) is 10.4. The fourth-order valence-corrected chi connectivity index (χ4v) is 1.41. The van der Waals surface area contributed by atoms with E-state index in [1.54, 1.807) is 6.07 Å². The largest absolute Gasteiger partial charge is 0.494 e. The molecule has 0 saturated heterocycles. The summed E-state index contributed by atoms with van der Waals surface area (Å²) in [6.45, 7) is 0. The molecule has 2 rings (SSSR count). The summed E-state index contributed by atoms with van der Waals surface area (Å²) in [7, 11) is 1.40. The van der Waals surface area contributed by atoms with Crippen molar-refractivity contribution < 1.29 is 9.13 Å². The third-order valence-corrected chi connectivity index (χ3v) is 2.26. The molecule has 0 saturated carbocycles. The molecule has 84 valence electrons. The van der Waals surface area contributed by atoms with Crippen LogP contribution >= 0.6 is 0 Å². The highest BCUT2D eigenvalue weighted by Crippen LogP contribution is 2.27. The molecule has 0 bridgehead atoms. The Morgan fingerprint density at radius 2 is 2.19 bits per heavy atom. The highest BCUT2D eigenvalue weighted by atomic mass is 19.1. The van der Waals surface area contributed by atoms with Crippen LogP contribution in [0.4, 0.5) is 10.2 Å². The van der Waals surface area contributed by atoms with Gasteiger partial charge in [-0.2, -0.15) is 0 Å². The van der Waals surface area contributed by atoms with Crippen molar-refractivity contribution in [2.45, 2.75) is 0 Å². The van der Waals surface area contributed by atoms with Crippen molar-refractivity contribution in [3.8, 4) is 17.0 Å². The molecule has 6 heteroatoms. The molecule has 1 heterocycles. The first-order chi connectivity index (χ1) is 7.63. The highest BCUT2D eigenvalue weighted by molar-refractivity contribution is 5.70. The number of anilines is 1. The lowest BCUT2D eigenvalue weighted by atomic mass is 10.1. The van der Waals surface area contributed by atoms with Gasteiger partial charge in [-0.15, -0.1) is 0 Å². The molecule has 0 aliphatic carbocycles. The van der Waals surface area contributed by atoms with Gasteiger partial charge in [-0.25, -0.2) is 14.1 Å². The number of ether oxygens (including phenoxy) is 1. The first-order valence-electron chi connectivity index (χ1n) is 4.55. The molecule has 1 aromatic carbocycles. The standard InChI is InChI=1S/C10H11FN4O/c1-16-8-3-2-6(4-7(8)11)9-10(12)15(13)5-14-9/h2-5H,12-13H2,1H3. The monoisotopic (exact) mass is 222 g/mol. The summed E-state index contributed by atoms with van der Waals surface area (Å²) in [6, 6.07) is 4.48. The van der Waals surface area contributed by atoms with Crippen molar-refractivity contribution >= 4 is 5.82 Å². The Hall–Kier alpha value is -2.24. The van der Waals surface area contributed by atoms with Gasteiger partial charge in [0.2, 0.25) is 0 Å². The molecule has 5 nitrogen and oxygen atoms in total. The van der Waals surface area contributed by atoms with Crippen LogP contribution in [0.5, 0.6) is 5.75 Å². The molecule has 0 aliphatic heterocycles. The summed E-state index contributed by atoms with van der Waals surface area (Å²) in [6.07, 6.45) is 1.37. The number of benzene rings is 1. The Morgan fingerprint density at radius 1 is 1.44 bits per heavy atom. The summed E-state index contributed by atoms with van der Waals surface area (Å²) < 4.78 is 19.4. The molecule has 0 aliphatic rings. The Bertz CT molecular complexity index is 524. The van der Waals surface area contributed by atoms with Crippen LogP contribution < -0.4 is 16.3 Å². The van der Waals surface area contributed by atoms with Gasteiger partial charge in [-0.3, -0.25) is 0 Å². The van der Waals surface area contributed by atoms with Gasteiger partial charge in [0.25, 0.3) is 0 Å². The van der Waals surface area contributed by atoms with Crippen LogP contribution in [0.2, 0.25) is 0 Å². The third-order valence-electron chi connectivity index (χ3n) is 2.26. The minimum Gasteiger partial charge on any atom is -0.494 e. The molecule has 1 aromatic heterocycles. The van der Waals surface area contributed by atoms with E-state index in [0.717, 1.165) is 0 Å². The number of rotatable bonds is 2. The zero-order valence-electron chi connectivity index (χ0n) is 8.64. The second-order valence-electron chi connectivity index (χ2n) is 3.24. The van der Waals surface area contributed by atoms with Crippen LogP contribution in [-0.4, -0.2) is 16.8 Å². The van der Waals surface area contributed by atoms with Crippen LogP contribution in [0.1, 0.15) is 0 Å². The van der Waals surface area contributed by atoms with Crippen LogP contribution in [-0.2, 0) is 0 Å². The number of hydrogen-bond acceptors (Lipinski definition) is 4. The third kappa shape index (κ3) is 1.54. The van der Waals surface area contributed by atoms with Gasteiger partial charge in [-0.1, -0.05) is 0 Å². The number of hydrogen-bond donors (Lipinski definition) is 2. The topological polar surface area (TPSA) is 79.1 Å².